The van der Waals surface area contributed by atoms with Crippen LogP contribution < -0.4 is 20.3 Å². The maximum Gasteiger partial charge on any atom is 0.321 e. The Balaban J connectivity index is 1.13. The number of piperazine rings is 2. The zero-order chi connectivity index (χ0) is 30.9. The Hall–Kier alpha value is -4.22. The van der Waals surface area contributed by atoms with Gasteiger partial charge in [0.15, 0.2) is 0 Å². The lowest BCUT2D eigenvalue weighted by Crippen LogP contribution is -2.50. The minimum Gasteiger partial charge on any atom is -0.489 e. The molecule has 0 radical (unpaired) electrons. The van der Waals surface area contributed by atoms with Gasteiger partial charge in [0, 0.05) is 82.1 Å². The van der Waals surface area contributed by atoms with E-state index in [9.17, 15) is 9.59 Å². The van der Waals surface area contributed by atoms with Crippen molar-refractivity contribution in [3.8, 4) is 5.75 Å². The van der Waals surface area contributed by atoms with Crippen molar-refractivity contribution >= 4 is 29.3 Å². The van der Waals surface area contributed by atoms with Crippen LogP contribution in [0.15, 0.2) is 54.9 Å². The van der Waals surface area contributed by atoms with Crippen molar-refractivity contribution in [3.05, 3.63) is 71.5 Å². The summed E-state index contributed by atoms with van der Waals surface area (Å²) >= 11 is 0. The van der Waals surface area contributed by atoms with Gasteiger partial charge in [0.25, 0.3) is 0 Å². The van der Waals surface area contributed by atoms with Crippen LogP contribution >= 0.6 is 0 Å². The van der Waals surface area contributed by atoms with Gasteiger partial charge in [0.05, 0.1) is 6.54 Å². The maximum atomic E-state index is 13.1. The molecule has 11 nitrogen and oxygen atoms in total. The molecule has 2 fully saturated rings. The predicted octanol–water partition coefficient (Wildman–Crippen LogP) is 3.72. The first-order valence-electron chi connectivity index (χ1n) is 15.6. The number of carbonyl (C=O) groups is 2. The number of hydrogen-bond donors (Lipinski definition) is 2. The lowest BCUT2D eigenvalue weighted by Gasteiger charge is -2.36. The van der Waals surface area contributed by atoms with Gasteiger partial charge in [-0.3, -0.25) is 9.69 Å². The zero-order valence-electron chi connectivity index (χ0n) is 26.1. The molecule has 2 aliphatic rings. The highest BCUT2D eigenvalue weighted by Crippen LogP contribution is 2.23. The molecule has 3 amide bonds. The van der Waals surface area contributed by atoms with Crippen molar-refractivity contribution in [2.75, 3.05) is 81.5 Å². The fourth-order valence-corrected chi connectivity index (χ4v) is 5.52. The molecule has 2 saturated heterocycles. The van der Waals surface area contributed by atoms with E-state index >= 15 is 0 Å². The molecular weight excluding hydrogens is 556 g/mol. The van der Waals surface area contributed by atoms with E-state index in [4.69, 9.17) is 4.74 Å². The van der Waals surface area contributed by atoms with Crippen molar-refractivity contribution in [1.29, 1.82) is 0 Å². The first-order valence-corrected chi connectivity index (χ1v) is 15.6. The van der Waals surface area contributed by atoms with Crippen LogP contribution in [0.4, 0.5) is 22.1 Å². The monoisotopic (exact) mass is 600 g/mol. The van der Waals surface area contributed by atoms with E-state index in [2.05, 4.69) is 74.4 Å². The van der Waals surface area contributed by atoms with Gasteiger partial charge in [-0.05, 0) is 55.3 Å². The summed E-state index contributed by atoms with van der Waals surface area (Å²) in [5.41, 5.74) is 4.25. The van der Waals surface area contributed by atoms with Crippen molar-refractivity contribution in [1.82, 2.24) is 24.7 Å². The summed E-state index contributed by atoms with van der Waals surface area (Å²) in [6, 6.07) is 13.7. The van der Waals surface area contributed by atoms with Crippen LogP contribution in [0.5, 0.6) is 5.75 Å². The van der Waals surface area contributed by atoms with Gasteiger partial charge in [-0.1, -0.05) is 26.0 Å². The number of amides is 3. The Bertz CT molecular complexity index is 1400. The molecule has 4 heterocycles. The molecule has 234 valence electrons. The molecule has 0 spiro atoms. The summed E-state index contributed by atoms with van der Waals surface area (Å²) in [5.74, 6) is 1.85. The number of hydrogen-bond acceptors (Lipinski definition) is 8. The van der Waals surface area contributed by atoms with E-state index in [1.807, 2.05) is 17.0 Å². The van der Waals surface area contributed by atoms with Gasteiger partial charge in [0.1, 0.15) is 24.0 Å². The number of aromatic nitrogens is 2. The number of carbonyl (C=O) groups excluding carboxylic acids is 2. The fraction of sp³-hybridized carbons (Fsp3) is 0.455. The van der Waals surface area contributed by atoms with Crippen molar-refractivity contribution in [3.63, 3.8) is 0 Å². The lowest BCUT2D eigenvalue weighted by atomic mass is 10.1. The third kappa shape index (κ3) is 8.45. The van der Waals surface area contributed by atoms with Gasteiger partial charge in [-0.2, -0.15) is 0 Å². The highest BCUT2D eigenvalue weighted by molar-refractivity contribution is 5.91. The molecule has 11 heteroatoms. The number of anilines is 3. The summed E-state index contributed by atoms with van der Waals surface area (Å²) in [6.45, 7) is 11.1. The normalized spacial score (nSPS) is 16.1. The molecule has 2 aliphatic heterocycles. The standard InChI is InChI=1S/C33H44N8O3/c1-4-25-19-26(5-2)21-28(20-25)36-33(43)41-17-15-40(16-18-41)32-27(7-6-9-35-32)24-44-29-8-10-34-30(22-29)37-31(42)23-39-13-11-38(3)12-14-39/h6-10,19-22H,4-5,11-18,23-24H2,1-3H3,(H,36,43)(H,34,37,42). The second kappa shape index (κ2) is 15.0. The molecule has 0 unspecified atom stereocenters. The van der Waals surface area contributed by atoms with Crippen LogP contribution in [-0.4, -0.2) is 103 Å². The number of aryl methyl sites for hydroxylation is 2. The van der Waals surface area contributed by atoms with Crippen LogP contribution in [0.1, 0.15) is 30.5 Å². The van der Waals surface area contributed by atoms with Crippen LogP contribution in [-0.2, 0) is 24.2 Å². The average Bonchev–Trinajstić information content (AvgIpc) is 3.05. The zero-order valence-corrected chi connectivity index (χ0v) is 26.1. The second-order valence-electron chi connectivity index (χ2n) is 11.4. The third-order valence-electron chi connectivity index (χ3n) is 8.21. The molecule has 0 aliphatic carbocycles. The first kappa shape index (κ1) is 31.2. The van der Waals surface area contributed by atoms with E-state index in [0.717, 1.165) is 56.1 Å². The minimum atomic E-state index is -0.0817. The fourth-order valence-electron chi connectivity index (χ4n) is 5.52. The highest BCUT2D eigenvalue weighted by atomic mass is 16.5. The van der Waals surface area contributed by atoms with Crippen LogP contribution in [0.3, 0.4) is 0 Å². The van der Waals surface area contributed by atoms with Crippen LogP contribution in [0.25, 0.3) is 0 Å². The third-order valence-corrected chi connectivity index (χ3v) is 8.21. The molecule has 3 aromatic rings. The number of urea groups is 1. The lowest BCUT2D eigenvalue weighted by molar-refractivity contribution is -0.117. The van der Waals surface area contributed by atoms with E-state index in [-0.39, 0.29) is 11.9 Å². The number of nitrogens with one attached hydrogen (secondary N) is 2. The number of nitrogens with zero attached hydrogens (tertiary/aromatic N) is 6. The van der Waals surface area contributed by atoms with Gasteiger partial charge in [-0.25, -0.2) is 14.8 Å². The Labute approximate surface area is 260 Å². The maximum absolute atomic E-state index is 13.1. The second-order valence-corrected chi connectivity index (χ2v) is 11.4. The van der Waals surface area contributed by atoms with Crippen molar-refractivity contribution < 1.29 is 14.3 Å². The van der Waals surface area contributed by atoms with E-state index in [0.29, 0.717) is 50.9 Å². The van der Waals surface area contributed by atoms with Gasteiger partial charge < -0.3 is 30.1 Å². The Morgan fingerprint density at radius 2 is 1.57 bits per heavy atom. The molecule has 0 saturated carbocycles. The van der Waals surface area contributed by atoms with E-state index < -0.39 is 0 Å². The number of benzene rings is 1. The quantitative estimate of drug-likeness (QED) is 0.363. The number of pyridine rings is 2. The minimum absolute atomic E-state index is 0.0753. The summed E-state index contributed by atoms with van der Waals surface area (Å²) < 4.78 is 6.12. The Morgan fingerprint density at radius 3 is 2.27 bits per heavy atom. The summed E-state index contributed by atoms with van der Waals surface area (Å²) in [5, 5.41) is 6.00. The number of ether oxygens (including phenoxy) is 1. The summed E-state index contributed by atoms with van der Waals surface area (Å²) in [4.78, 5) is 43.1. The molecule has 0 atom stereocenters. The highest BCUT2D eigenvalue weighted by Gasteiger charge is 2.24. The molecular formula is C33H44N8O3. The van der Waals surface area contributed by atoms with Gasteiger partial charge in [-0.15, -0.1) is 0 Å². The molecule has 2 aromatic heterocycles. The van der Waals surface area contributed by atoms with Gasteiger partial charge in [0.2, 0.25) is 5.91 Å². The van der Waals surface area contributed by atoms with Crippen molar-refractivity contribution in [2.45, 2.75) is 33.3 Å². The molecule has 1 aromatic carbocycles. The Kier molecular flexibility index (Phi) is 10.6. The van der Waals surface area contributed by atoms with E-state index in [1.54, 1.807) is 24.5 Å². The largest absolute Gasteiger partial charge is 0.489 e. The topological polar surface area (TPSA) is 106 Å². The molecule has 5 rings (SSSR count). The summed E-state index contributed by atoms with van der Waals surface area (Å²) in [7, 11) is 2.10. The molecule has 44 heavy (non-hydrogen) atoms. The van der Waals surface area contributed by atoms with E-state index in [1.165, 1.54) is 11.1 Å². The van der Waals surface area contributed by atoms with Gasteiger partial charge >= 0.3 is 6.03 Å². The molecule has 2 N–H and O–H groups in total. The van der Waals surface area contributed by atoms with Crippen molar-refractivity contribution in [2.24, 2.45) is 0 Å². The SMILES string of the molecule is CCc1cc(CC)cc(NC(=O)N2CCN(c3ncccc3COc3ccnc(NC(=O)CN4CCN(C)CC4)c3)CC2)c1. The Morgan fingerprint density at radius 1 is 0.841 bits per heavy atom. The average molecular weight is 601 g/mol. The van der Waals surface area contributed by atoms with Crippen LogP contribution in [0.2, 0.25) is 0 Å². The number of rotatable bonds is 10. The number of likely N-dealkylation sites (N-methyl/N-ethyl adjacent to an activating group) is 1. The van der Waals surface area contributed by atoms with Crippen LogP contribution in [0, 0.1) is 0 Å². The smallest absolute Gasteiger partial charge is 0.321 e. The predicted molar refractivity (Wildman–Crippen MR) is 173 cm³/mol. The summed E-state index contributed by atoms with van der Waals surface area (Å²) in [6.07, 6.45) is 5.28. The molecule has 0 bridgehead atoms. The first-order chi connectivity index (χ1) is 21.4.